The van der Waals surface area contributed by atoms with Crippen LogP contribution in [0, 0.1) is 0 Å². The Hall–Kier alpha value is -1.97. The highest BCUT2D eigenvalue weighted by Gasteiger charge is 2.17. The summed E-state index contributed by atoms with van der Waals surface area (Å²) < 4.78 is 5.45. The zero-order chi connectivity index (χ0) is 11.0. The number of ether oxygens (including phenoxy) is 1. The molecule has 1 aliphatic heterocycles. The fourth-order valence-electron chi connectivity index (χ4n) is 1.67. The summed E-state index contributed by atoms with van der Waals surface area (Å²) in [5, 5.41) is 0. The second-order valence-corrected chi connectivity index (χ2v) is 3.84. The molecule has 4 heteroatoms. The summed E-state index contributed by atoms with van der Waals surface area (Å²) in [6.45, 7) is 2.64. The van der Waals surface area contributed by atoms with Crippen LogP contribution in [0.25, 0.3) is 11.0 Å². The van der Waals surface area contributed by atoms with Crippen molar-refractivity contribution in [3.8, 4) is 0 Å². The van der Waals surface area contributed by atoms with Crippen LogP contribution >= 0.6 is 0 Å². The summed E-state index contributed by atoms with van der Waals surface area (Å²) in [5.74, 6) is 0.603. The highest BCUT2D eigenvalue weighted by molar-refractivity contribution is 5.94. The van der Waals surface area contributed by atoms with Crippen molar-refractivity contribution in [2.45, 2.75) is 13.0 Å². The third-order valence-corrected chi connectivity index (χ3v) is 2.47. The molecule has 16 heavy (non-hydrogen) atoms. The summed E-state index contributed by atoms with van der Waals surface area (Å²) in [4.78, 5) is 13.2. The molecule has 4 nitrogen and oxygen atoms in total. The summed E-state index contributed by atoms with van der Waals surface area (Å²) in [6, 6.07) is 7.98. The maximum atomic E-state index is 5.45. The van der Waals surface area contributed by atoms with Crippen molar-refractivity contribution in [1.82, 2.24) is 9.97 Å². The lowest BCUT2D eigenvalue weighted by Gasteiger charge is -2.01. The number of aliphatic imine (C=N–C) groups is 1. The van der Waals surface area contributed by atoms with Crippen molar-refractivity contribution in [3.05, 3.63) is 36.2 Å². The molecule has 0 fully saturated rings. The first kappa shape index (κ1) is 9.27. The van der Waals surface area contributed by atoms with Crippen molar-refractivity contribution in [1.29, 1.82) is 0 Å². The van der Waals surface area contributed by atoms with Gasteiger partial charge in [0.05, 0.1) is 23.3 Å². The van der Waals surface area contributed by atoms with E-state index >= 15 is 0 Å². The van der Waals surface area contributed by atoms with E-state index in [-0.39, 0.29) is 6.04 Å². The molecule has 80 valence electrons. The van der Waals surface area contributed by atoms with E-state index in [0.717, 1.165) is 11.0 Å². The van der Waals surface area contributed by atoms with Gasteiger partial charge in [-0.05, 0) is 19.1 Å². The molecule has 0 spiro atoms. The third kappa shape index (κ3) is 1.52. The average molecular weight is 213 g/mol. The van der Waals surface area contributed by atoms with Gasteiger partial charge in [0.25, 0.3) is 0 Å². The Balaban J connectivity index is 2.09. The highest BCUT2D eigenvalue weighted by atomic mass is 16.5. The molecule has 1 atom stereocenters. The second kappa shape index (κ2) is 3.56. The molecule has 0 bridgehead atoms. The van der Waals surface area contributed by atoms with Gasteiger partial charge in [0.2, 0.25) is 5.90 Å². The number of aromatic nitrogens is 2. The minimum atomic E-state index is 0.211. The third-order valence-electron chi connectivity index (χ3n) is 2.47. The van der Waals surface area contributed by atoms with Gasteiger partial charge in [-0.15, -0.1) is 0 Å². The number of nitrogens with zero attached hydrogens (tertiary/aromatic N) is 3. The molecule has 0 amide bonds. The molecule has 0 aliphatic carbocycles. The molecule has 1 unspecified atom stereocenters. The van der Waals surface area contributed by atoms with Crippen LogP contribution < -0.4 is 0 Å². The minimum absolute atomic E-state index is 0.211. The van der Waals surface area contributed by atoms with E-state index in [0.29, 0.717) is 18.2 Å². The molecule has 0 saturated carbocycles. The van der Waals surface area contributed by atoms with Crippen LogP contribution in [0.2, 0.25) is 0 Å². The second-order valence-electron chi connectivity index (χ2n) is 3.84. The molecular weight excluding hydrogens is 202 g/mol. The van der Waals surface area contributed by atoms with Crippen molar-refractivity contribution >= 4 is 16.9 Å². The Labute approximate surface area is 93.0 Å². The van der Waals surface area contributed by atoms with Crippen LogP contribution in [-0.4, -0.2) is 28.5 Å². The lowest BCUT2D eigenvalue weighted by atomic mass is 10.3. The van der Waals surface area contributed by atoms with Crippen molar-refractivity contribution < 1.29 is 4.74 Å². The first-order chi connectivity index (χ1) is 7.83. The molecule has 1 aromatic carbocycles. The summed E-state index contributed by atoms with van der Waals surface area (Å²) >= 11 is 0. The number of hydrogen-bond donors (Lipinski definition) is 0. The largest absolute Gasteiger partial charge is 0.474 e. The zero-order valence-electron chi connectivity index (χ0n) is 8.92. The molecule has 2 heterocycles. The van der Waals surface area contributed by atoms with E-state index < -0.39 is 0 Å². The van der Waals surface area contributed by atoms with Crippen LogP contribution in [0.3, 0.4) is 0 Å². The van der Waals surface area contributed by atoms with E-state index in [4.69, 9.17) is 4.74 Å². The minimum Gasteiger partial charge on any atom is -0.474 e. The van der Waals surface area contributed by atoms with Crippen molar-refractivity contribution in [2.75, 3.05) is 6.61 Å². The summed E-state index contributed by atoms with van der Waals surface area (Å²) in [7, 11) is 0. The van der Waals surface area contributed by atoms with E-state index in [9.17, 15) is 0 Å². The van der Waals surface area contributed by atoms with Gasteiger partial charge >= 0.3 is 0 Å². The molecule has 3 rings (SSSR count). The number of para-hydroxylation sites is 2. The normalized spacial score (nSPS) is 19.6. The van der Waals surface area contributed by atoms with Crippen LogP contribution in [-0.2, 0) is 4.74 Å². The quantitative estimate of drug-likeness (QED) is 0.725. The fourth-order valence-corrected chi connectivity index (χ4v) is 1.67. The smallest absolute Gasteiger partial charge is 0.237 e. The Bertz CT molecular complexity index is 565. The Morgan fingerprint density at radius 3 is 2.81 bits per heavy atom. The first-order valence-corrected chi connectivity index (χ1v) is 5.26. The van der Waals surface area contributed by atoms with Crippen LogP contribution in [0.15, 0.2) is 35.5 Å². The number of rotatable bonds is 1. The summed E-state index contributed by atoms with van der Waals surface area (Å²) in [6.07, 6.45) is 1.71. The topological polar surface area (TPSA) is 47.4 Å². The predicted octanol–water partition coefficient (Wildman–Crippen LogP) is 1.80. The molecular formula is C12H11N3O. The Morgan fingerprint density at radius 1 is 1.25 bits per heavy atom. The van der Waals surface area contributed by atoms with Gasteiger partial charge in [-0.3, -0.25) is 4.98 Å². The predicted molar refractivity (Wildman–Crippen MR) is 61.5 cm³/mol. The standard InChI is InChI=1S/C12H11N3O/c1-8-7-16-12(14-8)11-6-13-9-4-2-3-5-10(9)15-11/h2-6,8H,7H2,1H3. The molecule has 0 N–H and O–H groups in total. The number of fused-ring (bicyclic) bond motifs is 1. The van der Waals surface area contributed by atoms with Crippen LogP contribution in [0.5, 0.6) is 0 Å². The average Bonchev–Trinajstić information content (AvgIpc) is 2.75. The van der Waals surface area contributed by atoms with Crippen LogP contribution in [0.4, 0.5) is 0 Å². The Morgan fingerprint density at radius 2 is 2.06 bits per heavy atom. The van der Waals surface area contributed by atoms with Gasteiger partial charge in [0.15, 0.2) is 0 Å². The zero-order valence-corrected chi connectivity index (χ0v) is 8.92. The maximum absolute atomic E-state index is 5.45. The van der Waals surface area contributed by atoms with Gasteiger partial charge in [0, 0.05) is 0 Å². The van der Waals surface area contributed by atoms with Gasteiger partial charge < -0.3 is 4.74 Å². The number of hydrogen-bond acceptors (Lipinski definition) is 4. The van der Waals surface area contributed by atoms with Crippen LogP contribution in [0.1, 0.15) is 12.6 Å². The van der Waals surface area contributed by atoms with E-state index in [1.54, 1.807) is 6.20 Å². The maximum Gasteiger partial charge on any atom is 0.237 e. The van der Waals surface area contributed by atoms with Crippen molar-refractivity contribution in [2.24, 2.45) is 4.99 Å². The SMILES string of the molecule is CC1COC(c2cnc3ccccc3n2)=N1. The molecule has 1 aliphatic rings. The van der Waals surface area contributed by atoms with E-state index in [1.165, 1.54) is 0 Å². The van der Waals surface area contributed by atoms with Gasteiger partial charge in [0.1, 0.15) is 12.3 Å². The monoisotopic (exact) mass is 213 g/mol. The molecule has 1 aromatic heterocycles. The van der Waals surface area contributed by atoms with Crippen molar-refractivity contribution in [3.63, 3.8) is 0 Å². The molecule has 0 radical (unpaired) electrons. The van der Waals surface area contributed by atoms with Gasteiger partial charge in [-0.2, -0.15) is 0 Å². The number of benzene rings is 1. The lowest BCUT2D eigenvalue weighted by molar-refractivity contribution is 0.323. The Kier molecular flexibility index (Phi) is 2.06. The van der Waals surface area contributed by atoms with E-state index in [2.05, 4.69) is 15.0 Å². The first-order valence-electron chi connectivity index (χ1n) is 5.26. The van der Waals surface area contributed by atoms with Gasteiger partial charge in [-0.1, -0.05) is 12.1 Å². The lowest BCUT2D eigenvalue weighted by Crippen LogP contribution is -2.05. The van der Waals surface area contributed by atoms with E-state index in [1.807, 2.05) is 31.2 Å². The fraction of sp³-hybridized carbons (Fsp3) is 0.250. The summed E-state index contributed by atoms with van der Waals surface area (Å²) in [5.41, 5.74) is 2.46. The molecule has 2 aromatic rings. The van der Waals surface area contributed by atoms with Gasteiger partial charge in [-0.25, -0.2) is 9.98 Å². The molecule has 0 saturated heterocycles. The highest BCUT2D eigenvalue weighted by Crippen LogP contribution is 2.13.